The second-order valence-corrected chi connectivity index (χ2v) is 7.43. The van der Waals surface area contributed by atoms with Crippen molar-refractivity contribution in [3.8, 4) is 0 Å². The van der Waals surface area contributed by atoms with Crippen molar-refractivity contribution >= 4 is 15.9 Å². The summed E-state index contributed by atoms with van der Waals surface area (Å²) in [6, 6.07) is 12.6. The number of benzene rings is 2. The van der Waals surface area contributed by atoms with Gasteiger partial charge < -0.3 is 5.32 Å². The minimum atomic E-state index is -0.748. The lowest BCUT2D eigenvalue weighted by Crippen LogP contribution is -2.44. The van der Waals surface area contributed by atoms with E-state index in [0.29, 0.717) is 5.69 Å². The maximum atomic E-state index is 14.1. The topological polar surface area (TPSA) is 56.0 Å². The first kappa shape index (κ1) is 21.1. The Morgan fingerprint density at radius 2 is 1.62 bits per heavy atom. The highest BCUT2D eigenvalue weighted by Gasteiger charge is 2.20. The Morgan fingerprint density at radius 3 is 2.21 bits per heavy atom. The molecule has 1 aromatic heterocycles. The molecule has 0 unspecified atom stereocenters. The van der Waals surface area contributed by atoms with Crippen molar-refractivity contribution in [3.63, 3.8) is 0 Å². The lowest BCUT2D eigenvalue weighted by molar-refractivity contribution is 0.453. The van der Waals surface area contributed by atoms with E-state index in [0.717, 1.165) is 22.3 Å². The smallest absolute Gasteiger partial charge is 0.312 e. The first-order chi connectivity index (χ1) is 13.8. The maximum absolute atomic E-state index is 14.1. The van der Waals surface area contributed by atoms with Gasteiger partial charge in [0.05, 0.1) is 19.1 Å². The summed E-state index contributed by atoms with van der Waals surface area (Å²) in [6.07, 6.45) is 0. The number of nitrogens with one attached hydrogen (secondary N) is 1. The van der Waals surface area contributed by atoms with Gasteiger partial charge in [-0.2, -0.15) is 0 Å². The molecule has 0 saturated heterocycles. The first-order valence-corrected chi connectivity index (χ1v) is 9.79. The van der Waals surface area contributed by atoms with Crippen molar-refractivity contribution in [2.45, 2.75) is 26.1 Å². The van der Waals surface area contributed by atoms with Gasteiger partial charge in [0.15, 0.2) is 0 Å². The van der Waals surface area contributed by atoms with Gasteiger partial charge in [0.2, 0.25) is 0 Å². The van der Waals surface area contributed by atoms with Crippen LogP contribution in [0.15, 0.2) is 62.6 Å². The Bertz CT molecular complexity index is 1120. The van der Waals surface area contributed by atoms with E-state index in [-0.39, 0.29) is 29.2 Å². The van der Waals surface area contributed by atoms with Crippen molar-refractivity contribution in [2.75, 3.05) is 7.05 Å². The van der Waals surface area contributed by atoms with Gasteiger partial charge in [-0.3, -0.25) is 13.9 Å². The van der Waals surface area contributed by atoms with Crippen LogP contribution in [0.3, 0.4) is 0 Å². The van der Waals surface area contributed by atoms with Crippen molar-refractivity contribution < 1.29 is 8.78 Å². The van der Waals surface area contributed by atoms with E-state index in [1.54, 1.807) is 14.0 Å². The van der Waals surface area contributed by atoms with Crippen LogP contribution in [0, 0.1) is 18.6 Å². The van der Waals surface area contributed by atoms with Gasteiger partial charge in [0.25, 0.3) is 5.56 Å². The Kier molecular flexibility index (Phi) is 6.44. The number of aromatic nitrogens is 2. The molecule has 152 valence electrons. The molecule has 0 aliphatic rings. The molecule has 0 bridgehead atoms. The third-order valence-electron chi connectivity index (χ3n) is 4.91. The molecule has 0 saturated carbocycles. The SMILES string of the molecule is CN[C@@H](Cn1c(=O)c(Br)c(C)n(Cc2c(F)cccc2F)c1=O)c1ccccc1. The third kappa shape index (κ3) is 4.23. The van der Waals surface area contributed by atoms with Crippen molar-refractivity contribution in [1.29, 1.82) is 0 Å². The van der Waals surface area contributed by atoms with E-state index in [4.69, 9.17) is 0 Å². The van der Waals surface area contributed by atoms with Gasteiger partial charge in [0, 0.05) is 11.3 Å². The summed E-state index contributed by atoms with van der Waals surface area (Å²) in [7, 11) is 1.74. The van der Waals surface area contributed by atoms with E-state index in [2.05, 4.69) is 21.2 Å². The molecule has 1 atom stereocenters. The quantitative estimate of drug-likeness (QED) is 0.609. The van der Waals surface area contributed by atoms with Gasteiger partial charge in [-0.15, -0.1) is 0 Å². The largest absolute Gasteiger partial charge is 0.331 e. The molecule has 8 heteroatoms. The predicted octanol–water partition coefficient (Wildman–Crippen LogP) is 3.37. The summed E-state index contributed by atoms with van der Waals surface area (Å²) >= 11 is 3.23. The van der Waals surface area contributed by atoms with Crippen LogP contribution in [0.2, 0.25) is 0 Å². The summed E-state index contributed by atoms with van der Waals surface area (Å²) in [5, 5.41) is 3.10. The highest BCUT2D eigenvalue weighted by atomic mass is 79.9. The molecule has 3 aromatic rings. The number of rotatable bonds is 6. The highest BCUT2D eigenvalue weighted by molar-refractivity contribution is 9.10. The molecule has 29 heavy (non-hydrogen) atoms. The average molecular weight is 464 g/mol. The van der Waals surface area contributed by atoms with Gasteiger partial charge in [0.1, 0.15) is 16.1 Å². The normalized spacial score (nSPS) is 12.2. The minimum Gasteiger partial charge on any atom is -0.312 e. The molecule has 0 radical (unpaired) electrons. The third-order valence-corrected chi connectivity index (χ3v) is 5.82. The molecule has 0 spiro atoms. The van der Waals surface area contributed by atoms with Crippen LogP contribution < -0.4 is 16.6 Å². The lowest BCUT2D eigenvalue weighted by Gasteiger charge is -2.20. The average Bonchev–Trinajstić information content (AvgIpc) is 2.72. The van der Waals surface area contributed by atoms with Crippen molar-refractivity contribution in [3.05, 3.63) is 102 Å². The fourth-order valence-electron chi connectivity index (χ4n) is 3.19. The molecule has 5 nitrogen and oxygen atoms in total. The van der Waals surface area contributed by atoms with Crippen LogP contribution in [0.1, 0.15) is 22.9 Å². The van der Waals surface area contributed by atoms with Crippen molar-refractivity contribution in [2.24, 2.45) is 0 Å². The Labute approximate surface area is 174 Å². The Morgan fingerprint density at radius 1 is 1.00 bits per heavy atom. The zero-order chi connectivity index (χ0) is 21.1. The number of hydrogen-bond acceptors (Lipinski definition) is 3. The molecule has 0 amide bonds. The molecule has 0 aliphatic carbocycles. The van der Waals surface area contributed by atoms with Gasteiger partial charge in [-0.1, -0.05) is 36.4 Å². The van der Waals surface area contributed by atoms with E-state index >= 15 is 0 Å². The molecular formula is C21H20BrF2N3O2. The summed E-state index contributed by atoms with van der Waals surface area (Å²) in [5.41, 5.74) is -0.143. The van der Waals surface area contributed by atoms with Crippen molar-refractivity contribution in [1.82, 2.24) is 14.5 Å². The van der Waals surface area contributed by atoms with Crippen LogP contribution in [0.25, 0.3) is 0 Å². The number of halogens is 3. The van der Waals surface area contributed by atoms with E-state index in [1.807, 2.05) is 30.3 Å². The molecule has 3 rings (SSSR count). The van der Waals surface area contributed by atoms with Crippen LogP contribution in [-0.2, 0) is 13.1 Å². The van der Waals surface area contributed by atoms with E-state index in [9.17, 15) is 18.4 Å². The summed E-state index contributed by atoms with van der Waals surface area (Å²) < 4.78 is 30.7. The van der Waals surface area contributed by atoms with Crippen LogP contribution in [0.4, 0.5) is 8.78 Å². The van der Waals surface area contributed by atoms with Crippen LogP contribution >= 0.6 is 15.9 Å². The Hall–Kier alpha value is -2.58. The number of hydrogen-bond donors (Lipinski definition) is 1. The highest BCUT2D eigenvalue weighted by Crippen LogP contribution is 2.17. The molecule has 1 heterocycles. The zero-order valence-electron chi connectivity index (χ0n) is 16.0. The molecular weight excluding hydrogens is 444 g/mol. The van der Waals surface area contributed by atoms with Crippen LogP contribution in [-0.4, -0.2) is 16.2 Å². The van der Waals surface area contributed by atoms with E-state index < -0.39 is 22.9 Å². The number of likely N-dealkylation sites (N-methyl/N-ethyl adjacent to an activating group) is 1. The molecule has 1 N–H and O–H groups in total. The van der Waals surface area contributed by atoms with Gasteiger partial charge in [-0.25, -0.2) is 13.6 Å². The molecule has 0 aliphatic heterocycles. The summed E-state index contributed by atoms with van der Waals surface area (Å²) in [5.74, 6) is -1.50. The van der Waals surface area contributed by atoms with E-state index in [1.165, 1.54) is 10.6 Å². The second-order valence-electron chi connectivity index (χ2n) is 6.64. The lowest BCUT2D eigenvalue weighted by atomic mass is 10.1. The summed E-state index contributed by atoms with van der Waals surface area (Å²) in [4.78, 5) is 25.9. The fourth-order valence-corrected chi connectivity index (χ4v) is 3.62. The standard InChI is InChI=1S/C21H20BrF2N3O2/c1-13-19(22)20(28)27(12-18(25-2)14-7-4-3-5-8-14)21(29)26(13)11-15-16(23)9-6-10-17(15)24/h3-10,18,25H,11-12H2,1-2H3/t18-/m0/s1. The molecule has 0 fully saturated rings. The minimum absolute atomic E-state index is 0.0663. The fraction of sp³-hybridized carbons (Fsp3) is 0.238. The Balaban J connectivity index is 2.10. The van der Waals surface area contributed by atoms with Gasteiger partial charge in [-0.05, 0) is 47.6 Å². The summed E-state index contributed by atoms with van der Waals surface area (Å²) in [6.45, 7) is 1.30. The number of nitrogens with zero attached hydrogens (tertiary/aromatic N) is 2. The molecule has 2 aromatic carbocycles. The van der Waals surface area contributed by atoms with Gasteiger partial charge >= 0.3 is 5.69 Å². The monoisotopic (exact) mass is 463 g/mol. The maximum Gasteiger partial charge on any atom is 0.331 e. The predicted molar refractivity (Wildman–Crippen MR) is 111 cm³/mol. The van der Waals surface area contributed by atoms with Crippen LogP contribution in [0.5, 0.6) is 0 Å². The first-order valence-electron chi connectivity index (χ1n) is 9.00. The zero-order valence-corrected chi connectivity index (χ0v) is 17.5. The second kappa shape index (κ2) is 8.84.